The van der Waals surface area contributed by atoms with E-state index in [1.165, 1.54) is 30.6 Å². The van der Waals surface area contributed by atoms with Crippen LogP contribution in [0.4, 0.5) is 0 Å². The average molecular weight is 660 g/mol. The minimum atomic E-state index is -0.0698. The summed E-state index contributed by atoms with van der Waals surface area (Å²) >= 11 is 7.60. The Hall–Kier alpha value is -3.20. The number of likely N-dealkylation sites (tertiary alicyclic amines) is 1. The van der Waals surface area contributed by atoms with Gasteiger partial charge in [0.05, 0.1) is 16.6 Å². The average Bonchev–Trinajstić information content (AvgIpc) is 3.61. The van der Waals surface area contributed by atoms with Gasteiger partial charge < -0.3 is 14.4 Å². The fourth-order valence-corrected chi connectivity index (χ4v) is 7.63. The topological polar surface area (TPSA) is 62.9 Å². The number of benzene rings is 2. The van der Waals surface area contributed by atoms with Crippen molar-refractivity contribution < 1.29 is 4.79 Å². The molecule has 0 saturated carbocycles. The molecule has 1 saturated heterocycles. The summed E-state index contributed by atoms with van der Waals surface area (Å²) in [6.45, 7) is 14.3. The molecule has 5 aromatic rings. The molecule has 1 aliphatic rings. The van der Waals surface area contributed by atoms with Crippen molar-refractivity contribution in [2.24, 2.45) is 11.8 Å². The SMILES string of the molecule is CC(C)CCN(CCC(C)C)C(=O)c1ccc2c(c1)n(CCCN1CCCCC1)c1nc3cc(-c4ccc(Cl)cc4)sc3c(=O)n21. The lowest BCUT2D eigenvalue weighted by Gasteiger charge is -2.26. The molecular weight excluding hydrogens is 614 g/mol. The minimum absolute atomic E-state index is 0.0576. The summed E-state index contributed by atoms with van der Waals surface area (Å²) in [5.74, 6) is 1.73. The maximum atomic E-state index is 14.2. The Morgan fingerprint density at radius 1 is 0.913 bits per heavy atom. The van der Waals surface area contributed by atoms with Crippen LogP contribution >= 0.6 is 22.9 Å². The summed E-state index contributed by atoms with van der Waals surface area (Å²) in [5, 5.41) is 0.680. The zero-order chi connectivity index (χ0) is 32.4. The molecule has 3 aromatic heterocycles. The summed E-state index contributed by atoms with van der Waals surface area (Å²) in [7, 11) is 0. The number of rotatable bonds is 12. The first-order valence-corrected chi connectivity index (χ1v) is 18.1. The summed E-state index contributed by atoms with van der Waals surface area (Å²) in [4.78, 5) is 38.8. The second-order valence-electron chi connectivity index (χ2n) is 13.7. The lowest BCUT2D eigenvalue weighted by atomic mass is 10.1. The van der Waals surface area contributed by atoms with E-state index in [0.717, 1.165) is 80.0 Å². The van der Waals surface area contributed by atoms with Gasteiger partial charge in [0.1, 0.15) is 4.70 Å². The van der Waals surface area contributed by atoms with Crippen LogP contribution in [0.1, 0.15) is 76.6 Å². The van der Waals surface area contributed by atoms with Gasteiger partial charge in [0.15, 0.2) is 0 Å². The van der Waals surface area contributed by atoms with Crippen molar-refractivity contribution in [2.75, 3.05) is 32.7 Å². The van der Waals surface area contributed by atoms with E-state index >= 15 is 0 Å². The number of carbonyl (C=O) groups excluding carboxylic acids is 1. The molecular formula is C37H46ClN5O2S. The van der Waals surface area contributed by atoms with Gasteiger partial charge in [0.25, 0.3) is 11.5 Å². The fraction of sp³-hybridized carbons (Fsp3) is 0.486. The molecule has 9 heteroatoms. The van der Waals surface area contributed by atoms with Crippen LogP contribution in [0.25, 0.3) is 37.5 Å². The predicted molar refractivity (Wildman–Crippen MR) is 193 cm³/mol. The number of piperidine rings is 1. The Bertz CT molecular complexity index is 1870. The number of aromatic nitrogens is 3. The van der Waals surface area contributed by atoms with Crippen molar-refractivity contribution in [3.05, 3.63) is 69.5 Å². The number of hydrogen-bond acceptors (Lipinski definition) is 5. The van der Waals surface area contributed by atoms with Gasteiger partial charge in [-0.05, 0) is 106 Å². The van der Waals surface area contributed by atoms with Gasteiger partial charge in [0.2, 0.25) is 5.78 Å². The Morgan fingerprint density at radius 3 is 2.28 bits per heavy atom. The van der Waals surface area contributed by atoms with E-state index in [2.05, 4.69) is 37.2 Å². The quantitative estimate of drug-likeness (QED) is 0.135. The van der Waals surface area contributed by atoms with Crippen LogP contribution in [0, 0.1) is 11.8 Å². The van der Waals surface area contributed by atoms with Crippen LogP contribution in [0.2, 0.25) is 5.02 Å². The highest BCUT2D eigenvalue weighted by molar-refractivity contribution is 7.22. The molecule has 0 N–H and O–H groups in total. The molecule has 46 heavy (non-hydrogen) atoms. The normalized spacial score (nSPS) is 14.4. The Labute approximate surface area is 280 Å². The lowest BCUT2D eigenvalue weighted by Crippen LogP contribution is -2.34. The molecule has 4 heterocycles. The van der Waals surface area contributed by atoms with Crippen LogP contribution in [0.5, 0.6) is 0 Å². The highest BCUT2D eigenvalue weighted by atomic mass is 35.5. The summed E-state index contributed by atoms with van der Waals surface area (Å²) in [6.07, 6.45) is 6.71. The van der Waals surface area contributed by atoms with Crippen molar-refractivity contribution in [3.63, 3.8) is 0 Å². The lowest BCUT2D eigenvalue weighted by molar-refractivity contribution is 0.0741. The van der Waals surface area contributed by atoms with Crippen molar-refractivity contribution in [3.8, 4) is 10.4 Å². The van der Waals surface area contributed by atoms with E-state index in [1.807, 2.05) is 53.4 Å². The maximum absolute atomic E-state index is 14.2. The van der Waals surface area contributed by atoms with Gasteiger partial charge in [-0.25, -0.2) is 9.38 Å². The summed E-state index contributed by atoms with van der Waals surface area (Å²) < 4.78 is 4.55. The third-order valence-corrected chi connectivity index (χ3v) is 10.6. The van der Waals surface area contributed by atoms with Crippen LogP contribution in [0.15, 0.2) is 53.3 Å². The minimum Gasteiger partial charge on any atom is -0.339 e. The van der Waals surface area contributed by atoms with Gasteiger partial charge in [0, 0.05) is 35.1 Å². The third-order valence-electron chi connectivity index (χ3n) is 9.20. The van der Waals surface area contributed by atoms with Crippen molar-refractivity contribution >= 4 is 55.9 Å². The molecule has 0 aliphatic carbocycles. The third kappa shape index (κ3) is 7.04. The molecule has 244 valence electrons. The first kappa shape index (κ1) is 32.7. The van der Waals surface area contributed by atoms with Gasteiger partial charge in [-0.2, -0.15) is 0 Å². The monoisotopic (exact) mass is 659 g/mol. The molecule has 0 spiro atoms. The molecule has 7 nitrogen and oxygen atoms in total. The van der Waals surface area contributed by atoms with E-state index in [9.17, 15) is 9.59 Å². The Balaban J connectivity index is 1.43. The number of hydrogen-bond donors (Lipinski definition) is 0. The van der Waals surface area contributed by atoms with Gasteiger partial charge >= 0.3 is 0 Å². The molecule has 0 atom stereocenters. The summed E-state index contributed by atoms with van der Waals surface area (Å²) in [6, 6.07) is 15.5. The van der Waals surface area contributed by atoms with Crippen LogP contribution in [-0.2, 0) is 6.54 Å². The number of aryl methyl sites for hydroxylation is 1. The number of fused-ring (bicyclic) bond motifs is 4. The molecule has 1 aliphatic heterocycles. The van der Waals surface area contributed by atoms with Crippen LogP contribution in [0.3, 0.4) is 0 Å². The second kappa shape index (κ2) is 14.3. The molecule has 0 radical (unpaired) electrons. The Morgan fingerprint density at radius 2 is 1.61 bits per heavy atom. The molecule has 2 aromatic carbocycles. The molecule has 1 amide bonds. The fourth-order valence-electron chi connectivity index (χ4n) is 6.47. The zero-order valence-electron chi connectivity index (χ0n) is 27.6. The van der Waals surface area contributed by atoms with Crippen LogP contribution in [-0.4, -0.2) is 62.4 Å². The molecule has 0 bridgehead atoms. The van der Waals surface area contributed by atoms with Crippen molar-refractivity contribution in [2.45, 2.75) is 72.8 Å². The standard InChI is InChI=1S/C37H46ClN5O2S/c1-25(2)15-21-41(22-16-26(3)4)35(44)28-11-14-31-32(23-28)42(20-8-19-40-17-6-5-7-18-40)37-39-30-24-33(27-9-12-29(38)13-10-27)46-34(30)36(45)43(31)37/h9-14,23-26H,5-8,15-22H2,1-4H3. The van der Waals surface area contributed by atoms with E-state index in [0.29, 0.717) is 38.4 Å². The summed E-state index contributed by atoms with van der Waals surface area (Å²) in [5.41, 5.74) is 3.99. The molecule has 0 unspecified atom stereocenters. The van der Waals surface area contributed by atoms with Crippen molar-refractivity contribution in [1.29, 1.82) is 0 Å². The van der Waals surface area contributed by atoms with E-state index in [4.69, 9.17) is 16.6 Å². The van der Waals surface area contributed by atoms with Gasteiger partial charge in [-0.15, -0.1) is 11.3 Å². The van der Waals surface area contributed by atoms with Crippen LogP contribution < -0.4 is 5.56 Å². The smallest absolute Gasteiger partial charge is 0.277 e. The number of imidazole rings is 1. The first-order chi connectivity index (χ1) is 22.2. The number of carbonyl (C=O) groups is 1. The maximum Gasteiger partial charge on any atom is 0.277 e. The largest absolute Gasteiger partial charge is 0.339 e. The second-order valence-corrected chi connectivity index (χ2v) is 15.1. The highest BCUT2D eigenvalue weighted by Crippen LogP contribution is 2.33. The van der Waals surface area contributed by atoms with E-state index in [1.54, 1.807) is 4.40 Å². The van der Waals surface area contributed by atoms with Crippen molar-refractivity contribution in [1.82, 2.24) is 23.8 Å². The zero-order valence-corrected chi connectivity index (χ0v) is 29.2. The van der Waals surface area contributed by atoms with E-state index < -0.39 is 0 Å². The number of thiophene rings is 1. The molecule has 1 fully saturated rings. The molecule has 6 rings (SSSR count). The van der Waals surface area contributed by atoms with Gasteiger partial charge in [-0.1, -0.05) is 57.8 Å². The Kier molecular flexibility index (Phi) is 10.2. The van der Waals surface area contributed by atoms with Gasteiger partial charge in [-0.3, -0.25) is 9.59 Å². The van der Waals surface area contributed by atoms with E-state index in [-0.39, 0.29) is 11.5 Å². The number of amides is 1. The highest BCUT2D eigenvalue weighted by Gasteiger charge is 2.22. The predicted octanol–water partition coefficient (Wildman–Crippen LogP) is 8.59. The number of nitrogens with zero attached hydrogens (tertiary/aromatic N) is 5. The first-order valence-electron chi connectivity index (χ1n) is 17.0. The number of halogens is 1.